The molecule has 0 spiro atoms. The lowest BCUT2D eigenvalue weighted by molar-refractivity contribution is 1.23. The van der Waals surface area contributed by atoms with E-state index in [0.29, 0.717) is 5.82 Å². The second-order valence-corrected chi connectivity index (χ2v) is 3.02. The lowest BCUT2D eigenvalue weighted by Crippen LogP contribution is -1.93. The monoisotopic (exact) mass is 185 g/mol. The van der Waals surface area contributed by atoms with Crippen LogP contribution in [0.5, 0.6) is 0 Å². The fourth-order valence-corrected chi connectivity index (χ4v) is 1.58. The van der Waals surface area contributed by atoms with Crippen molar-refractivity contribution in [2.24, 2.45) is 0 Å². The molecular weight excluding hydrogens is 178 g/mol. The van der Waals surface area contributed by atoms with E-state index in [9.17, 15) is 0 Å². The van der Waals surface area contributed by atoms with E-state index in [2.05, 4.69) is 19.9 Å². The summed E-state index contributed by atoms with van der Waals surface area (Å²) < 4.78 is 0. The van der Waals surface area contributed by atoms with E-state index in [0.717, 1.165) is 21.9 Å². The Morgan fingerprint density at radius 1 is 1.14 bits per heavy atom. The van der Waals surface area contributed by atoms with E-state index in [1.807, 2.05) is 12.1 Å². The van der Waals surface area contributed by atoms with Crippen LogP contribution >= 0.6 is 0 Å². The molecular formula is C9H7N5. The van der Waals surface area contributed by atoms with Gasteiger partial charge in [0.1, 0.15) is 17.7 Å². The molecule has 0 saturated heterocycles. The molecule has 3 aromatic rings. The number of fused-ring (bicyclic) bond motifs is 3. The number of nitrogens with two attached hydrogens (primary N) is 1. The van der Waals surface area contributed by atoms with Crippen molar-refractivity contribution >= 4 is 27.8 Å². The van der Waals surface area contributed by atoms with E-state index in [-0.39, 0.29) is 0 Å². The van der Waals surface area contributed by atoms with Crippen molar-refractivity contribution in [3.8, 4) is 0 Å². The molecule has 68 valence electrons. The van der Waals surface area contributed by atoms with Crippen molar-refractivity contribution in [1.82, 2.24) is 19.9 Å². The van der Waals surface area contributed by atoms with Gasteiger partial charge in [0.15, 0.2) is 0 Å². The summed E-state index contributed by atoms with van der Waals surface area (Å²) in [5.74, 6) is 0.465. The normalized spacial score (nSPS) is 11.1. The van der Waals surface area contributed by atoms with Crippen molar-refractivity contribution in [3.63, 3.8) is 0 Å². The fraction of sp³-hybridized carbons (Fsp3) is 0. The SMILES string of the molecule is Nc1ncnc2ccc3[nH]cnc3c12. The van der Waals surface area contributed by atoms with Crippen LogP contribution in [0.1, 0.15) is 0 Å². The molecule has 3 rings (SSSR count). The summed E-state index contributed by atoms with van der Waals surface area (Å²) in [6.45, 7) is 0. The number of imidazole rings is 1. The number of nitrogens with zero attached hydrogens (tertiary/aromatic N) is 3. The van der Waals surface area contributed by atoms with Gasteiger partial charge in [-0.15, -0.1) is 0 Å². The first kappa shape index (κ1) is 7.25. The first-order valence-corrected chi connectivity index (χ1v) is 4.18. The van der Waals surface area contributed by atoms with Crippen LogP contribution in [0.4, 0.5) is 5.82 Å². The van der Waals surface area contributed by atoms with E-state index in [4.69, 9.17) is 5.73 Å². The third-order valence-corrected chi connectivity index (χ3v) is 2.22. The number of rotatable bonds is 0. The number of benzene rings is 1. The van der Waals surface area contributed by atoms with Crippen molar-refractivity contribution in [1.29, 1.82) is 0 Å². The van der Waals surface area contributed by atoms with E-state index < -0.39 is 0 Å². The molecule has 0 aliphatic rings. The molecule has 0 aliphatic heterocycles. The van der Waals surface area contributed by atoms with Crippen LogP contribution in [0.2, 0.25) is 0 Å². The maximum absolute atomic E-state index is 5.78. The first-order chi connectivity index (χ1) is 6.86. The zero-order valence-corrected chi connectivity index (χ0v) is 7.23. The number of aromatic amines is 1. The van der Waals surface area contributed by atoms with Gasteiger partial charge in [-0.2, -0.15) is 0 Å². The summed E-state index contributed by atoms with van der Waals surface area (Å²) in [4.78, 5) is 15.3. The fourth-order valence-electron chi connectivity index (χ4n) is 1.58. The van der Waals surface area contributed by atoms with Crippen LogP contribution in [0.3, 0.4) is 0 Å². The maximum Gasteiger partial charge on any atom is 0.136 e. The molecule has 2 aromatic heterocycles. The van der Waals surface area contributed by atoms with E-state index in [1.54, 1.807) is 6.33 Å². The molecule has 3 N–H and O–H groups in total. The summed E-state index contributed by atoms with van der Waals surface area (Å²) >= 11 is 0. The molecule has 0 amide bonds. The lowest BCUT2D eigenvalue weighted by Gasteiger charge is -1.99. The second-order valence-electron chi connectivity index (χ2n) is 3.02. The van der Waals surface area contributed by atoms with Gasteiger partial charge in [-0.1, -0.05) is 0 Å². The molecule has 0 radical (unpaired) electrons. The number of anilines is 1. The quantitative estimate of drug-likeness (QED) is 0.549. The Balaban J connectivity index is 2.67. The van der Waals surface area contributed by atoms with Gasteiger partial charge in [-0.3, -0.25) is 0 Å². The predicted molar refractivity (Wildman–Crippen MR) is 53.6 cm³/mol. The van der Waals surface area contributed by atoms with Gasteiger partial charge in [0.25, 0.3) is 0 Å². The van der Waals surface area contributed by atoms with Crippen LogP contribution in [0, 0.1) is 0 Å². The van der Waals surface area contributed by atoms with Crippen LogP contribution < -0.4 is 5.73 Å². The van der Waals surface area contributed by atoms with Crippen LogP contribution in [-0.4, -0.2) is 19.9 Å². The minimum Gasteiger partial charge on any atom is -0.383 e. The highest BCUT2D eigenvalue weighted by molar-refractivity contribution is 6.07. The van der Waals surface area contributed by atoms with Crippen molar-refractivity contribution in [2.75, 3.05) is 5.73 Å². The Morgan fingerprint density at radius 2 is 2.07 bits per heavy atom. The standard InChI is InChI=1S/C9H7N5/c10-9-7-5(11-4-14-9)1-2-6-8(7)13-3-12-6/h1-4H,(H,12,13)(H2,10,11,14). The summed E-state index contributed by atoms with van der Waals surface area (Å²) in [6.07, 6.45) is 3.09. The topological polar surface area (TPSA) is 80.5 Å². The average molecular weight is 185 g/mol. The van der Waals surface area contributed by atoms with Gasteiger partial charge in [0.05, 0.1) is 22.7 Å². The van der Waals surface area contributed by atoms with Gasteiger partial charge >= 0.3 is 0 Å². The molecule has 0 bridgehead atoms. The second kappa shape index (κ2) is 2.41. The number of nitrogens with one attached hydrogen (secondary N) is 1. The molecule has 14 heavy (non-hydrogen) atoms. The molecule has 2 heterocycles. The Morgan fingerprint density at radius 3 is 3.00 bits per heavy atom. The van der Waals surface area contributed by atoms with E-state index >= 15 is 0 Å². The van der Waals surface area contributed by atoms with Crippen LogP contribution in [-0.2, 0) is 0 Å². The zero-order chi connectivity index (χ0) is 9.54. The van der Waals surface area contributed by atoms with E-state index in [1.165, 1.54) is 6.33 Å². The number of hydrogen-bond donors (Lipinski definition) is 2. The summed E-state index contributed by atoms with van der Waals surface area (Å²) in [5, 5.41) is 0.811. The number of H-pyrrole nitrogens is 1. The Hall–Kier alpha value is -2.17. The molecule has 0 aliphatic carbocycles. The van der Waals surface area contributed by atoms with Gasteiger partial charge in [0, 0.05) is 0 Å². The van der Waals surface area contributed by atoms with Gasteiger partial charge in [0.2, 0.25) is 0 Å². The first-order valence-electron chi connectivity index (χ1n) is 4.18. The minimum absolute atomic E-state index is 0.465. The molecule has 5 heteroatoms. The Kier molecular flexibility index (Phi) is 1.25. The molecule has 0 saturated carbocycles. The minimum atomic E-state index is 0.465. The lowest BCUT2D eigenvalue weighted by atomic mass is 10.2. The molecule has 1 aromatic carbocycles. The Labute approximate surface area is 79.0 Å². The maximum atomic E-state index is 5.78. The molecule has 0 unspecified atom stereocenters. The van der Waals surface area contributed by atoms with Crippen molar-refractivity contribution in [2.45, 2.75) is 0 Å². The molecule has 0 atom stereocenters. The number of aromatic nitrogens is 4. The van der Waals surface area contributed by atoms with Gasteiger partial charge < -0.3 is 10.7 Å². The van der Waals surface area contributed by atoms with Gasteiger partial charge in [-0.05, 0) is 12.1 Å². The van der Waals surface area contributed by atoms with Crippen molar-refractivity contribution < 1.29 is 0 Å². The summed E-state index contributed by atoms with van der Waals surface area (Å²) in [7, 11) is 0. The molecule has 5 nitrogen and oxygen atoms in total. The zero-order valence-electron chi connectivity index (χ0n) is 7.23. The summed E-state index contributed by atoms with van der Waals surface area (Å²) in [5.41, 5.74) is 8.36. The molecule has 0 fully saturated rings. The van der Waals surface area contributed by atoms with Crippen LogP contribution in [0.15, 0.2) is 24.8 Å². The highest BCUT2D eigenvalue weighted by Gasteiger charge is 2.06. The van der Waals surface area contributed by atoms with Gasteiger partial charge in [-0.25, -0.2) is 15.0 Å². The predicted octanol–water partition coefficient (Wildman–Crippen LogP) is 1.09. The Bertz CT molecular complexity index is 613. The highest BCUT2D eigenvalue weighted by atomic mass is 14.9. The smallest absolute Gasteiger partial charge is 0.136 e. The third-order valence-electron chi connectivity index (χ3n) is 2.22. The van der Waals surface area contributed by atoms with Crippen LogP contribution in [0.25, 0.3) is 21.9 Å². The largest absolute Gasteiger partial charge is 0.383 e. The average Bonchev–Trinajstić information content (AvgIpc) is 2.65. The highest BCUT2D eigenvalue weighted by Crippen LogP contribution is 2.24. The third kappa shape index (κ3) is 0.806. The summed E-state index contributed by atoms with van der Waals surface area (Å²) in [6, 6.07) is 3.82. The number of nitrogen functional groups attached to an aromatic ring is 1. The van der Waals surface area contributed by atoms with Crippen molar-refractivity contribution in [3.05, 3.63) is 24.8 Å². The number of hydrogen-bond acceptors (Lipinski definition) is 4.